The van der Waals surface area contributed by atoms with Gasteiger partial charge in [0.05, 0.1) is 5.69 Å². The number of alkyl halides is 2. The van der Waals surface area contributed by atoms with Crippen LogP contribution in [0.3, 0.4) is 0 Å². The summed E-state index contributed by atoms with van der Waals surface area (Å²) < 4.78 is 27.9. The lowest BCUT2D eigenvalue weighted by Crippen LogP contribution is -2.01. The molecular formula is C9H8F2N6S. The Hall–Kier alpha value is -1.90. The maximum atomic E-state index is 12.6. The fourth-order valence-corrected chi connectivity index (χ4v) is 2.53. The van der Waals surface area contributed by atoms with Gasteiger partial charge in [0.2, 0.25) is 15.9 Å². The fourth-order valence-electron chi connectivity index (χ4n) is 1.67. The van der Waals surface area contributed by atoms with Crippen molar-refractivity contribution in [2.75, 3.05) is 0 Å². The van der Waals surface area contributed by atoms with E-state index in [0.717, 1.165) is 27.2 Å². The van der Waals surface area contributed by atoms with Crippen LogP contribution < -0.4 is 0 Å². The molecule has 3 heterocycles. The highest BCUT2D eigenvalue weighted by molar-refractivity contribution is 7.18. The van der Waals surface area contributed by atoms with Gasteiger partial charge in [0.15, 0.2) is 0 Å². The molecule has 3 rings (SSSR count). The Labute approximate surface area is 104 Å². The Bertz CT molecular complexity index is 712. The molecule has 3 aromatic heterocycles. The van der Waals surface area contributed by atoms with E-state index < -0.39 is 12.2 Å². The SMILES string of the molecule is Cc1cc(C)n(-c2nn3c(C(F)F)nnc3s2)n1. The van der Waals surface area contributed by atoms with Crippen molar-refractivity contribution in [3.05, 3.63) is 23.3 Å². The minimum Gasteiger partial charge on any atom is -0.209 e. The van der Waals surface area contributed by atoms with Crippen molar-refractivity contribution in [1.29, 1.82) is 0 Å². The highest BCUT2D eigenvalue weighted by Crippen LogP contribution is 2.23. The van der Waals surface area contributed by atoms with Crippen LogP contribution in [0, 0.1) is 13.8 Å². The zero-order valence-corrected chi connectivity index (χ0v) is 10.3. The van der Waals surface area contributed by atoms with Crippen LogP contribution >= 0.6 is 11.3 Å². The van der Waals surface area contributed by atoms with Gasteiger partial charge in [-0.05, 0) is 19.9 Å². The molecule has 0 aromatic carbocycles. The van der Waals surface area contributed by atoms with Crippen LogP contribution in [-0.2, 0) is 0 Å². The number of halogens is 2. The molecule has 0 atom stereocenters. The first-order chi connectivity index (χ1) is 8.56. The summed E-state index contributed by atoms with van der Waals surface area (Å²) in [7, 11) is 0. The number of aryl methyl sites for hydroxylation is 2. The number of hydrogen-bond donors (Lipinski definition) is 0. The van der Waals surface area contributed by atoms with Gasteiger partial charge in [-0.3, -0.25) is 0 Å². The van der Waals surface area contributed by atoms with Crippen molar-refractivity contribution in [2.45, 2.75) is 20.3 Å². The Balaban J connectivity index is 2.17. The molecule has 94 valence electrons. The average Bonchev–Trinajstić information content (AvgIpc) is 2.90. The monoisotopic (exact) mass is 270 g/mol. The molecule has 0 spiro atoms. The van der Waals surface area contributed by atoms with Gasteiger partial charge in [0, 0.05) is 5.69 Å². The molecule has 0 aliphatic heterocycles. The van der Waals surface area contributed by atoms with Crippen LogP contribution in [-0.4, -0.2) is 29.6 Å². The third kappa shape index (κ3) is 1.58. The summed E-state index contributed by atoms with van der Waals surface area (Å²) in [5.41, 5.74) is 1.73. The van der Waals surface area contributed by atoms with Crippen molar-refractivity contribution in [3.63, 3.8) is 0 Å². The summed E-state index contributed by atoms with van der Waals surface area (Å²) in [6.45, 7) is 3.73. The molecule has 0 unspecified atom stereocenters. The maximum absolute atomic E-state index is 12.6. The van der Waals surface area contributed by atoms with Gasteiger partial charge in [-0.15, -0.1) is 15.3 Å². The average molecular weight is 270 g/mol. The molecule has 0 saturated carbocycles. The second kappa shape index (κ2) is 3.80. The second-order valence-electron chi connectivity index (χ2n) is 3.78. The van der Waals surface area contributed by atoms with E-state index >= 15 is 0 Å². The Morgan fingerprint density at radius 1 is 1.22 bits per heavy atom. The van der Waals surface area contributed by atoms with Crippen molar-refractivity contribution in [3.8, 4) is 5.13 Å². The van der Waals surface area contributed by atoms with Crippen LogP contribution in [0.25, 0.3) is 10.1 Å². The van der Waals surface area contributed by atoms with E-state index in [1.807, 2.05) is 19.9 Å². The Kier molecular flexibility index (Phi) is 2.37. The van der Waals surface area contributed by atoms with Crippen molar-refractivity contribution >= 4 is 16.3 Å². The van der Waals surface area contributed by atoms with Gasteiger partial charge in [0.1, 0.15) is 0 Å². The molecule has 9 heteroatoms. The van der Waals surface area contributed by atoms with Gasteiger partial charge in [-0.25, -0.2) is 13.5 Å². The van der Waals surface area contributed by atoms with Crippen LogP contribution in [0.2, 0.25) is 0 Å². The normalized spacial score (nSPS) is 11.8. The lowest BCUT2D eigenvalue weighted by atomic mass is 10.4. The van der Waals surface area contributed by atoms with Crippen LogP contribution in [0.4, 0.5) is 8.78 Å². The van der Waals surface area contributed by atoms with Gasteiger partial charge >= 0.3 is 0 Å². The van der Waals surface area contributed by atoms with E-state index in [1.165, 1.54) is 0 Å². The van der Waals surface area contributed by atoms with E-state index in [-0.39, 0.29) is 0 Å². The largest absolute Gasteiger partial charge is 0.299 e. The third-order valence-electron chi connectivity index (χ3n) is 2.39. The van der Waals surface area contributed by atoms with E-state index in [2.05, 4.69) is 20.4 Å². The number of rotatable bonds is 2. The first-order valence-electron chi connectivity index (χ1n) is 5.10. The first kappa shape index (κ1) is 11.2. The first-order valence-corrected chi connectivity index (χ1v) is 5.92. The summed E-state index contributed by atoms with van der Waals surface area (Å²) >= 11 is 1.16. The highest BCUT2D eigenvalue weighted by Gasteiger charge is 2.20. The summed E-state index contributed by atoms with van der Waals surface area (Å²) in [5, 5.41) is 15.9. The zero-order valence-electron chi connectivity index (χ0n) is 9.50. The molecule has 0 radical (unpaired) electrons. The molecule has 0 aliphatic rings. The topological polar surface area (TPSA) is 60.9 Å². The zero-order chi connectivity index (χ0) is 12.9. The van der Waals surface area contributed by atoms with Crippen LogP contribution in [0.5, 0.6) is 0 Å². The minimum atomic E-state index is -2.70. The number of nitrogens with zero attached hydrogens (tertiary/aromatic N) is 6. The van der Waals surface area contributed by atoms with Gasteiger partial charge in [-0.2, -0.15) is 9.61 Å². The molecule has 0 saturated heterocycles. The van der Waals surface area contributed by atoms with E-state index in [4.69, 9.17) is 0 Å². The summed E-state index contributed by atoms with van der Waals surface area (Å²) in [6, 6.07) is 1.89. The van der Waals surface area contributed by atoms with Crippen molar-refractivity contribution in [1.82, 2.24) is 29.6 Å². The Morgan fingerprint density at radius 3 is 2.61 bits per heavy atom. The molecule has 18 heavy (non-hydrogen) atoms. The fraction of sp³-hybridized carbons (Fsp3) is 0.333. The number of fused-ring (bicyclic) bond motifs is 1. The van der Waals surface area contributed by atoms with Crippen molar-refractivity contribution < 1.29 is 8.78 Å². The highest BCUT2D eigenvalue weighted by atomic mass is 32.1. The van der Waals surface area contributed by atoms with E-state index in [9.17, 15) is 8.78 Å². The minimum absolute atomic E-state index is 0.327. The van der Waals surface area contributed by atoms with Crippen LogP contribution in [0.15, 0.2) is 6.07 Å². The maximum Gasteiger partial charge on any atom is 0.299 e. The molecule has 3 aromatic rings. The summed E-state index contributed by atoms with van der Waals surface area (Å²) in [6.07, 6.45) is -2.70. The second-order valence-corrected chi connectivity index (χ2v) is 4.71. The molecule has 6 nitrogen and oxygen atoms in total. The van der Waals surface area contributed by atoms with E-state index in [0.29, 0.717) is 10.1 Å². The van der Waals surface area contributed by atoms with Crippen LogP contribution in [0.1, 0.15) is 23.6 Å². The van der Waals surface area contributed by atoms with Crippen molar-refractivity contribution in [2.24, 2.45) is 0 Å². The summed E-state index contributed by atoms with van der Waals surface area (Å²) in [5.74, 6) is -0.450. The molecular weight excluding hydrogens is 262 g/mol. The molecule has 0 bridgehead atoms. The smallest absolute Gasteiger partial charge is 0.209 e. The molecule has 0 N–H and O–H groups in total. The molecule has 0 fully saturated rings. The predicted octanol–water partition coefficient (Wildman–Crippen LogP) is 1.93. The number of aromatic nitrogens is 6. The van der Waals surface area contributed by atoms with Gasteiger partial charge in [0.25, 0.3) is 6.43 Å². The summed E-state index contributed by atoms with van der Waals surface area (Å²) in [4.78, 5) is 0.327. The van der Waals surface area contributed by atoms with Gasteiger partial charge in [-0.1, -0.05) is 11.3 Å². The predicted molar refractivity (Wildman–Crippen MR) is 60.2 cm³/mol. The van der Waals surface area contributed by atoms with E-state index in [1.54, 1.807) is 4.68 Å². The third-order valence-corrected chi connectivity index (χ3v) is 3.26. The Morgan fingerprint density at radius 2 is 2.00 bits per heavy atom. The molecule has 0 aliphatic carbocycles. The lowest BCUT2D eigenvalue weighted by molar-refractivity contribution is 0.137. The lowest BCUT2D eigenvalue weighted by Gasteiger charge is -1.96. The number of hydrogen-bond acceptors (Lipinski definition) is 5. The quantitative estimate of drug-likeness (QED) is 0.714. The molecule has 0 amide bonds. The standard InChI is InChI=1S/C9H8F2N6S/c1-4-3-5(2)16(14-4)9-15-17-7(6(10)11)12-13-8(17)18-9/h3,6H,1-2H3. The van der Waals surface area contributed by atoms with Gasteiger partial charge < -0.3 is 0 Å².